The molecule has 0 aliphatic rings. The first-order valence-corrected chi connectivity index (χ1v) is 7.40. The van der Waals surface area contributed by atoms with Gasteiger partial charge in [0.15, 0.2) is 0 Å². The third kappa shape index (κ3) is 2.71. The molecule has 0 aromatic carbocycles. The maximum atomic E-state index is 10.1. The number of hydrogen-bond donors (Lipinski definition) is 1. The van der Waals surface area contributed by atoms with Crippen molar-refractivity contribution in [1.29, 1.82) is 0 Å². The van der Waals surface area contributed by atoms with E-state index in [1.165, 1.54) is 4.88 Å². The van der Waals surface area contributed by atoms with Gasteiger partial charge in [0.25, 0.3) is 0 Å². The number of thiazole rings is 1. The normalized spacial score (nSPS) is 13.0. The second-order valence-electron chi connectivity index (χ2n) is 3.63. The molecule has 0 bridgehead atoms. The summed E-state index contributed by atoms with van der Waals surface area (Å²) in [5, 5.41) is 13.2. The average molecular weight is 318 g/mol. The Kier molecular flexibility index (Phi) is 3.79. The van der Waals surface area contributed by atoms with Crippen molar-refractivity contribution in [2.24, 2.45) is 0 Å². The second kappa shape index (κ2) is 4.96. The van der Waals surface area contributed by atoms with E-state index in [0.717, 1.165) is 20.1 Å². The number of nitrogens with zero attached hydrogens (tertiary/aromatic N) is 1. The van der Waals surface area contributed by atoms with Gasteiger partial charge >= 0.3 is 0 Å². The van der Waals surface area contributed by atoms with E-state index in [1.807, 2.05) is 19.2 Å². The lowest BCUT2D eigenvalue weighted by molar-refractivity contribution is 0.182. The highest BCUT2D eigenvalue weighted by atomic mass is 79.9. The van der Waals surface area contributed by atoms with Crippen LogP contribution in [-0.2, 0) is 6.42 Å². The van der Waals surface area contributed by atoms with Crippen LogP contribution in [0.3, 0.4) is 0 Å². The summed E-state index contributed by atoms with van der Waals surface area (Å²) in [6, 6.07) is 2.05. The predicted molar refractivity (Wildman–Crippen MR) is 72.3 cm³/mol. The minimum atomic E-state index is -0.434. The zero-order chi connectivity index (χ0) is 11.7. The van der Waals surface area contributed by atoms with Crippen LogP contribution in [0.1, 0.15) is 26.6 Å². The van der Waals surface area contributed by atoms with Crippen molar-refractivity contribution in [3.05, 3.63) is 36.4 Å². The van der Waals surface area contributed by atoms with Crippen molar-refractivity contribution < 1.29 is 5.11 Å². The van der Waals surface area contributed by atoms with Crippen LogP contribution in [0.5, 0.6) is 0 Å². The SMILES string of the molecule is Cc1nc(C)c(C(O)Cc2cc(Br)cs2)s1. The molecule has 0 aliphatic carbocycles. The molecule has 2 aromatic heterocycles. The Bertz CT molecular complexity index is 492. The highest BCUT2D eigenvalue weighted by Gasteiger charge is 2.16. The molecule has 0 amide bonds. The van der Waals surface area contributed by atoms with Crippen LogP contribution in [0.4, 0.5) is 0 Å². The lowest BCUT2D eigenvalue weighted by Gasteiger charge is -2.07. The van der Waals surface area contributed by atoms with Gasteiger partial charge in [0, 0.05) is 21.2 Å². The number of aryl methyl sites for hydroxylation is 2. The standard InChI is InChI=1S/C11H12BrNOS2/c1-6-11(16-7(2)13-6)10(14)4-9-3-8(12)5-15-9/h3,5,10,14H,4H2,1-2H3. The summed E-state index contributed by atoms with van der Waals surface area (Å²) < 4.78 is 1.08. The Morgan fingerprint density at radius 2 is 2.25 bits per heavy atom. The number of aliphatic hydroxyl groups excluding tert-OH is 1. The largest absolute Gasteiger partial charge is 0.387 e. The summed E-state index contributed by atoms with van der Waals surface area (Å²) in [6.07, 6.45) is 0.232. The Hall–Kier alpha value is -0.230. The molecule has 2 rings (SSSR count). The van der Waals surface area contributed by atoms with Gasteiger partial charge in [-0.15, -0.1) is 22.7 Å². The molecular weight excluding hydrogens is 306 g/mol. The molecule has 0 fully saturated rings. The van der Waals surface area contributed by atoms with Gasteiger partial charge in [-0.2, -0.15) is 0 Å². The smallest absolute Gasteiger partial charge is 0.0948 e. The maximum absolute atomic E-state index is 10.1. The lowest BCUT2D eigenvalue weighted by atomic mass is 10.2. The van der Waals surface area contributed by atoms with Crippen LogP contribution in [-0.4, -0.2) is 10.1 Å². The van der Waals surface area contributed by atoms with E-state index in [2.05, 4.69) is 27.0 Å². The van der Waals surface area contributed by atoms with Crippen molar-refractivity contribution >= 4 is 38.6 Å². The van der Waals surface area contributed by atoms with E-state index in [-0.39, 0.29) is 0 Å². The second-order valence-corrected chi connectivity index (χ2v) is 6.78. The first kappa shape index (κ1) is 12.2. The summed E-state index contributed by atoms with van der Waals surface area (Å²) in [5.74, 6) is 0. The summed E-state index contributed by atoms with van der Waals surface area (Å²) in [7, 11) is 0. The quantitative estimate of drug-likeness (QED) is 0.932. The van der Waals surface area contributed by atoms with Crippen LogP contribution in [0.15, 0.2) is 15.9 Å². The molecule has 2 nitrogen and oxygen atoms in total. The van der Waals surface area contributed by atoms with Crippen LogP contribution < -0.4 is 0 Å². The van der Waals surface area contributed by atoms with Crippen molar-refractivity contribution in [3.8, 4) is 0 Å². The predicted octanol–water partition coefficient (Wildman–Crippen LogP) is 3.86. The first-order valence-electron chi connectivity index (χ1n) is 4.91. The van der Waals surface area contributed by atoms with Gasteiger partial charge in [0.1, 0.15) is 0 Å². The molecule has 1 N–H and O–H groups in total. The van der Waals surface area contributed by atoms with Crippen molar-refractivity contribution in [2.75, 3.05) is 0 Å². The Labute approximate surface area is 111 Å². The molecule has 86 valence electrons. The Balaban J connectivity index is 2.14. The Morgan fingerprint density at radius 3 is 2.75 bits per heavy atom. The molecule has 5 heteroatoms. The zero-order valence-electron chi connectivity index (χ0n) is 9.03. The molecule has 1 atom stereocenters. The number of rotatable bonds is 3. The summed E-state index contributed by atoms with van der Waals surface area (Å²) in [4.78, 5) is 6.50. The van der Waals surface area contributed by atoms with Crippen LogP contribution in [0.2, 0.25) is 0 Å². The van der Waals surface area contributed by atoms with Gasteiger partial charge in [-0.3, -0.25) is 0 Å². The molecule has 0 saturated carbocycles. The molecule has 0 spiro atoms. The van der Waals surface area contributed by atoms with E-state index >= 15 is 0 Å². The minimum Gasteiger partial charge on any atom is -0.387 e. The fourth-order valence-electron chi connectivity index (χ4n) is 1.60. The third-order valence-corrected chi connectivity index (χ3v) is 5.15. The first-order chi connectivity index (χ1) is 7.56. The number of halogens is 1. The van der Waals surface area contributed by atoms with Crippen LogP contribution in [0, 0.1) is 13.8 Å². The number of aromatic nitrogens is 1. The number of thiophene rings is 1. The maximum Gasteiger partial charge on any atom is 0.0948 e. The van der Waals surface area contributed by atoms with E-state index in [0.29, 0.717) is 6.42 Å². The fraction of sp³-hybridized carbons (Fsp3) is 0.364. The number of hydrogen-bond acceptors (Lipinski definition) is 4. The molecule has 0 aliphatic heterocycles. The molecular formula is C11H12BrNOS2. The number of aliphatic hydroxyl groups is 1. The average Bonchev–Trinajstić information content (AvgIpc) is 2.73. The molecule has 1 unspecified atom stereocenters. The molecule has 0 saturated heterocycles. The minimum absolute atomic E-state index is 0.434. The highest BCUT2D eigenvalue weighted by molar-refractivity contribution is 9.10. The van der Waals surface area contributed by atoms with Gasteiger partial charge in [0.05, 0.1) is 21.7 Å². The zero-order valence-corrected chi connectivity index (χ0v) is 12.2. The van der Waals surface area contributed by atoms with Gasteiger partial charge in [0.2, 0.25) is 0 Å². The van der Waals surface area contributed by atoms with E-state index in [4.69, 9.17) is 0 Å². The van der Waals surface area contributed by atoms with Crippen molar-refractivity contribution in [2.45, 2.75) is 26.4 Å². The third-order valence-electron chi connectivity index (χ3n) is 2.26. The van der Waals surface area contributed by atoms with E-state index in [9.17, 15) is 5.11 Å². The Morgan fingerprint density at radius 1 is 1.50 bits per heavy atom. The summed E-state index contributed by atoms with van der Waals surface area (Å²) in [5.41, 5.74) is 0.950. The van der Waals surface area contributed by atoms with E-state index in [1.54, 1.807) is 22.7 Å². The fourth-order valence-corrected chi connectivity index (χ4v) is 4.00. The summed E-state index contributed by atoms with van der Waals surface area (Å²) in [6.45, 7) is 3.92. The highest BCUT2D eigenvalue weighted by Crippen LogP contribution is 2.30. The van der Waals surface area contributed by atoms with Gasteiger partial charge in [-0.25, -0.2) is 4.98 Å². The topological polar surface area (TPSA) is 33.1 Å². The molecule has 16 heavy (non-hydrogen) atoms. The van der Waals surface area contributed by atoms with E-state index < -0.39 is 6.10 Å². The van der Waals surface area contributed by atoms with Crippen LogP contribution in [0.25, 0.3) is 0 Å². The van der Waals surface area contributed by atoms with Gasteiger partial charge in [-0.1, -0.05) is 0 Å². The van der Waals surface area contributed by atoms with Gasteiger partial charge < -0.3 is 5.11 Å². The molecule has 0 radical (unpaired) electrons. The molecule has 2 heterocycles. The van der Waals surface area contributed by atoms with Crippen LogP contribution >= 0.6 is 38.6 Å². The summed E-state index contributed by atoms with van der Waals surface area (Å²) >= 11 is 6.66. The van der Waals surface area contributed by atoms with Crippen molar-refractivity contribution in [3.63, 3.8) is 0 Å². The molecule has 2 aromatic rings. The lowest BCUT2D eigenvalue weighted by Crippen LogP contribution is -1.99. The van der Waals surface area contributed by atoms with Crippen molar-refractivity contribution in [1.82, 2.24) is 4.98 Å². The monoisotopic (exact) mass is 317 g/mol. The van der Waals surface area contributed by atoms with Gasteiger partial charge in [-0.05, 0) is 35.8 Å².